The predicted molar refractivity (Wildman–Crippen MR) is 63.3 cm³/mol. The average molecular weight is 272 g/mol. The summed E-state index contributed by atoms with van der Waals surface area (Å²) < 4.78 is 30.2. The normalized spacial score (nSPS) is 10.5. The van der Waals surface area contributed by atoms with Gasteiger partial charge >= 0.3 is 11.9 Å². The van der Waals surface area contributed by atoms with Crippen molar-refractivity contribution in [1.82, 2.24) is 0 Å². The number of halogens is 2. The number of hydrogen-bond donors (Lipinski definition) is 1. The minimum Gasteiger partial charge on any atom is -0.478 e. The number of aromatic carboxylic acids is 1. The van der Waals surface area contributed by atoms with E-state index < -0.39 is 29.5 Å². The summed E-state index contributed by atoms with van der Waals surface area (Å²) in [6, 6.07) is 3.85. The Morgan fingerprint density at radius 2 is 2.05 bits per heavy atom. The van der Waals surface area contributed by atoms with Crippen LogP contribution in [0.3, 0.4) is 0 Å². The molecule has 0 amide bonds. The van der Waals surface area contributed by atoms with Gasteiger partial charge in [0, 0.05) is 12.0 Å². The Labute approximate surface area is 109 Å². The molecular weight excluding hydrogens is 258 g/mol. The Hall–Kier alpha value is -1.98. The van der Waals surface area contributed by atoms with Gasteiger partial charge < -0.3 is 9.84 Å². The number of aryl methyl sites for hydroxylation is 1. The maximum Gasteiger partial charge on any atom is 0.336 e. The zero-order chi connectivity index (χ0) is 14.4. The number of ether oxygens (including phenoxy) is 1. The van der Waals surface area contributed by atoms with Crippen LogP contribution in [-0.4, -0.2) is 23.7 Å². The highest BCUT2D eigenvalue weighted by atomic mass is 19.3. The van der Waals surface area contributed by atoms with E-state index in [9.17, 15) is 18.4 Å². The van der Waals surface area contributed by atoms with E-state index in [4.69, 9.17) is 9.84 Å². The Bertz CT molecular complexity index is 472. The van der Waals surface area contributed by atoms with Crippen molar-refractivity contribution in [3.05, 3.63) is 34.9 Å². The number of rotatable bonds is 6. The second kappa shape index (κ2) is 6.82. The molecular formula is C13H14F2O4. The molecule has 0 aromatic heterocycles. The summed E-state index contributed by atoms with van der Waals surface area (Å²) in [5.41, 5.74) is -0.756. The van der Waals surface area contributed by atoms with E-state index in [-0.39, 0.29) is 25.0 Å². The van der Waals surface area contributed by atoms with E-state index in [1.165, 1.54) is 12.1 Å². The Morgan fingerprint density at radius 3 is 2.58 bits per heavy atom. The van der Waals surface area contributed by atoms with Gasteiger partial charge in [0.1, 0.15) is 0 Å². The summed E-state index contributed by atoms with van der Waals surface area (Å²) in [4.78, 5) is 22.3. The van der Waals surface area contributed by atoms with Crippen molar-refractivity contribution >= 4 is 11.9 Å². The summed E-state index contributed by atoms with van der Waals surface area (Å²) in [5, 5.41) is 9.01. The SMILES string of the molecule is CCOC(=O)CCc1cccc(C(F)F)c1C(=O)O. The summed E-state index contributed by atoms with van der Waals surface area (Å²) >= 11 is 0. The molecule has 19 heavy (non-hydrogen) atoms. The van der Waals surface area contributed by atoms with Crippen LogP contribution in [0.4, 0.5) is 8.78 Å². The van der Waals surface area contributed by atoms with Crippen LogP contribution in [-0.2, 0) is 16.0 Å². The monoisotopic (exact) mass is 272 g/mol. The molecule has 104 valence electrons. The number of hydrogen-bond acceptors (Lipinski definition) is 3. The van der Waals surface area contributed by atoms with Gasteiger partial charge in [-0.05, 0) is 18.9 Å². The number of esters is 1. The lowest BCUT2D eigenvalue weighted by molar-refractivity contribution is -0.143. The van der Waals surface area contributed by atoms with Gasteiger partial charge in [0.05, 0.1) is 12.2 Å². The largest absolute Gasteiger partial charge is 0.478 e. The molecule has 0 saturated heterocycles. The van der Waals surface area contributed by atoms with Crippen molar-refractivity contribution in [1.29, 1.82) is 0 Å². The van der Waals surface area contributed by atoms with Crippen LogP contribution in [0.5, 0.6) is 0 Å². The Morgan fingerprint density at radius 1 is 1.37 bits per heavy atom. The van der Waals surface area contributed by atoms with Crippen LogP contribution in [0, 0.1) is 0 Å². The average Bonchev–Trinajstić information content (AvgIpc) is 2.35. The van der Waals surface area contributed by atoms with Crippen LogP contribution < -0.4 is 0 Å². The number of carbonyl (C=O) groups is 2. The summed E-state index contributed by atoms with van der Waals surface area (Å²) in [7, 11) is 0. The molecule has 1 aromatic carbocycles. The molecule has 4 nitrogen and oxygen atoms in total. The molecule has 0 fully saturated rings. The van der Waals surface area contributed by atoms with Crippen LogP contribution in [0.2, 0.25) is 0 Å². The number of benzene rings is 1. The topological polar surface area (TPSA) is 63.6 Å². The highest BCUT2D eigenvalue weighted by Gasteiger charge is 2.21. The van der Waals surface area contributed by atoms with E-state index in [2.05, 4.69) is 0 Å². The molecule has 0 spiro atoms. The Kier molecular flexibility index (Phi) is 5.41. The van der Waals surface area contributed by atoms with Crippen LogP contribution in [0.15, 0.2) is 18.2 Å². The number of carboxylic acids is 1. The smallest absolute Gasteiger partial charge is 0.336 e. The lowest BCUT2D eigenvalue weighted by Gasteiger charge is -2.10. The quantitative estimate of drug-likeness (QED) is 0.809. The highest BCUT2D eigenvalue weighted by Crippen LogP contribution is 2.26. The van der Waals surface area contributed by atoms with Crippen molar-refractivity contribution in [2.24, 2.45) is 0 Å². The number of alkyl halides is 2. The van der Waals surface area contributed by atoms with Crippen molar-refractivity contribution in [2.45, 2.75) is 26.2 Å². The highest BCUT2D eigenvalue weighted by molar-refractivity contribution is 5.91. The zero-order valence-electron chi connectivity index (χ0n) is 10.4. The van der Waals surface area contributed by atoms with E-state index >= 15 is 0 Å². The minimum atomic E-state index is -2.87. The van der Waals surface area contributed by atoms with Crippen molar-refractivity contribution < 1.29 is 28.2 Å². The third-order valence-corrected chi connectivity index (χ3v) is 2.54. The molecule has 0 aliphatic rings. The standard InChI is InChI=1S/C13H14F2O4/c1-2-19-10(16)7-6-8-4-3-5-9(12(14)15)11(8)13(17)18/h3-5,12H,2,6-7H2,1H3,(H,17,18). The molecule has 6 heteroatoms. The van der Waals surface area contributed by atoms with Crippen molar-refractivity contribution in [3.63, 3.8) is 0 Å². The fraction of sp³-hybridized carbons (Fsp3) is 0.385. The summed E-state index contributed by atoms with van der Waals surface area (Å²) in [6.07, 6.45) is -2.85. The second-order valence-electron chi connectivity index (χ2n) is 3.79. The fourth-order valence-electron chi connectivity index (χ4n) is 1.74. The van der Waals surface area contributed by atoms with Crippen LogP contribution in [0.1, 0.15) is 41.3 Å². The third-order valence-electron chi connectivity index (χ3n) is 2.54. The molecule has 1 N–H and O–H groups in total. The number of carboxylic acid groups (broad SMARTS) is 1. The molecule has 1 aromatic rings. The van der Waals surface area contributed by atoms with Gasteiger partial charge in [0.15, 0.2) is 0 Å². The van der Waals surface area contributed by atoms with Crippen LogP contribution >= 0.6 is 0 Å². The van der Waals surface area contributed by atoms with Gasteiger partial charge in [-0.15, -0.1) is 0 Å². The van der Waals surface area contributed by atoms with Crippen LogP contribution in [0.25, 0.3) is 0 Å². The van der Waals surface area contributed by atoms with E-state index in [1.54, 1.807) is 6.92 Å². The van der Waals surface area contributed by atoms with Crippen molar-refractivity contribution in [3.8, 4) is 0 Å². The van der Waals surface area contributed by atoms with Gasteiger partial charge in [-0.1, -0.05) is 18.2 Å². The molecule has 0 unspecified atom stereocenters. The van der Waals surface area contributed by atoms with E-state index in [0.717, 1.165) is 6.07 Å². The van der Waals surface area contributed by atoms with Gasteiger partial charge in [0.25, 0.3) is 6.43 Å². The first-order valence-corrected chi connectivity index (χ1v) is 5.76. The lowest BCUT2D eigenvalue weighted by atomic mass is 9.98. The number of carbonyl (C=O) groups excluding carboxylic acids is 1. The molecule has 0 heterocycles. The lowest BCUT2D eigenvalue weighted by Crippen LogP contribution is -2.10. The first kappa shape index (κ1) is 15.1. The van der Waals surface area contributed by atoms with Gasteiger partial charge in [0.2, 0.25) is 0 Å². The van der Waals surface area contributed by atoms with E-state index in [0.29, 0.717) is 0 Å². The molecule has 0 bridgehead atoms. The molecule has 0 radical (unpaired) electrons. The van der Waals surface area contributed by atoms with Gasteiger partial charge in [-0.25, -0.2) is 13.6 Å². The second-order valence-corrected chi connectivity index (χ2v) is 3.79. The maximum absolute atomic E-state index is 12.7. The predicted octanol–water partition coefficient (Wildman–Crippen LogP) is 2.82. The summed E-state index contributed by atoms with van der Waals surface area (Å²) in [6.45, 7) is 1.87. The van der Waals surface area contributed by atoms with Gasteiger partial charge in [-0.3, -0.25) is 4.79 Å². The van der Waals surface area contributed by atoms with Crippen molar-refractivity contribution in [2.75, 3.05) is 6.61 Å². The summed E-state index contributed by atoms with van der Waals surface area (Å²) in [5.74, 6) is -1.91. The Balaban J connectivity index is 2.97. The fourth-order valence-corrected chi connectivity index (χ4v) is 1.74. The molecule has 0 atom stereocenters. The molecule has 0 saturated carbocycles. The molecule has 1 rings (SSSR count). The van der Waals surface area contributed by atoms with E-state index in [1.807, 2.05) is 0 Å². The zero-order valence-corrected chi connectivity index (χ0v) is 10.4. The maximum atomic E-state index is 12.7. The van der Waals surface area contributed by atoms with Gasteiger partial charge in [-0.2, -0.15) is 0 Å². The first-order valence-electron chi connectivity index (χ1n) is 5.76. The first-order chi connectivity index (χ1) is 8.97. The third kappa shape index (κ3) is 4.01. The molecule has 0 aliphatic carbocycles. The minimum absolute atomic E-state index is 0.0409. The molecule has 0 aliphatic heterocycles.